The van der Waals surface area contributed by atoms with Crippen LogP contribution in [0.25, 0.3) is 0 Å². The van der Waals surface area contributed by atoms with E-state index in [-0.39, 0.29) is 24.4 Å². The standard InChI is InChI=1S/C15H19F4NO2/c1-8(5-10(7-20)15(21)22)3-2-4-9-6-11(16)13(18)14(19)12(9)17/h6,8,10H,2-5,7,20H2,1H3,(H,21,22). The monoisotopic (exact) mass is 321 g/mol. The van der Waals surface area contributed by atoms with Gasteiger partial charge in [0, 0.05) is 6.54 Å². The van der Waals surface area contributed by atoms with E-state index in [4.69, 9.17) is 10.8 Å². The zero-order valence-electron chi connectivity index (χ0n) is 12.2. The highest BCUT2D eigenvalue weighted by Crippen LogP contribution is 2.22. The fourth-order valence-electron chi connectivity index (χ4n) is 2.35. The van der Waals surface area contributed by atoms with Gasteiger partial charge in [-0.1, -0.05) is 13.3 Å². The molecule has 0 aromatic heterocycles. The molecular weight excluding hydrogens is 302 g/mol. The second-order valence-corrected chi connectivity index (χ2v) is 5.46. The molecule has 2 atom stereocenters. The maximum Gasteiger partial charge on any atom is 0.307 e. The molecule has 0 aliphatic heterocycles. The van der Waals surface area contributed by atoms with Crippen molar-refractivity contribution in [2.24, 2.45) is 17.6 Å². The fourth-order valence-corrected chi connectivity index (χ4v) is 2.35. The predicted molar refractivity (Wildman–Crippen MR) is 73.2 cm³/mol. The largest absolute Gasteiger partial charge is 0.481 e. The van der Waals surface area contributed by atoms with Crippen molar-refractivity contribution in [3.05, 3.63) is 34.9 Å². The molecule has 7 heteroatoms. The summed E-state index contributed by atoms with van der Waals surface area (Å²) in [5.74, 6) is -8.02. The number of nitrogens with two attached hydrogens (primary N) is 1. The van der Waals surface area contributed by atoms with Crippen LogP contribution in [-0.4, -0.2) is 17.6 Å². The Bertz CT molecular complexity index is 537. The summed E-state index contributed by atoms with van der Waals surface area (Å²) in [6.45, 7) is 1.86. The minimum atomic E-state index is -1.82. The Balaban J connectivity index is 2.56. The van der Waals surface area contributed by atoms with Crippen LogP contribution in [0.15, 0.2) is 6.07 Å². The fraction of sp³-hybridized carbons (Fsp3) is 0.533. The van der Waals surface area contributed by atoms with Crippen molar-refractivity contribution >= 4 is 5.97 Å². The summed E-state index contributed by atoms with van der Waals surface area (Å²) >= 11 is 0. The average Bonchev–Trinajstić information content (AvgIpc) is 2.47. The molecule has 0 aliphatic carbocycles. The number of halogens is 4. The molecule has 124 valence electrons. The van der Waals surface area contributed by atoms with Crippen LogP contribution in [0.2, 0.25) is 0 Å². The maximum atomic E-state index is 13.5. The summed E-state index contributed by atoms with van der Waals surface area (Å²) < 4.78 is 52.4. The van der Waals surface area contributed by atoms with Crippen LogP contribution in [0.3, 0.4) is 0 Å². The number of carbonyl (C=O) groups is 1. The Morgan fingerprint density at radius 1 is 1.23 bits per heavy atom. The molecule has 0 bridgehead atoms. The number of aliphatic carboxylic acids is 1. The van der Waals surface area contributed by atoms with Gasteiger partial charge in [0.25, 0.3) is 0 Å². The molecule has 0 saturated heterocycles. The third kappa shape index (κ3) is 4.69. The predicted octanol–water partition coefficient (Wildman–Crippen LogP) is 3.25. The molecule has 0 aliphatic rings. The van der Waals surface area contributed by atoms with E-state index >= 15 is 0 Å². The van der Waals surface area contributed by atoms with Crippen LogP contribution >= 0.6 is 0 Å². The summed E-state index contributed by atoms with van der Waals surface area (Å²) in [6, 6.07) is 0.651. The van der Waals surface area contributed by atoms with Crippen LogP contribution in [0.5, 0.6) is 0 Å². The van der Waals surface area contributed by atoms with Crippen LogP contribution in [0, 0.1) is 35.1 Å². The third-order valence-electron chi connectivity index (χ3n) is 3.64. The van der Waals surface area contributed by atoms with E-state index in [0.29, 0.717) is 25.3 Å². The smallest absolute Gasteiger partial charge is 0.307 e. The molecule has 3 nitrogen and oxygen atoms in total. The van der Waals surface area contributed by atoms with Crippen LogP contribution < -0.4 is 5.73 Å². The van der Waals surface area contributed by atoms with Gasteiger partial charge >= 0.3 is 5.97 Å². The molecule has 1 aromatic carbocycles. The van der Waals surface area contributed by atoms with Gasteiger partial charge in [0.2, 0.25) is 0 Å². The Morgan fingerprint density at radius 3 is 2.41 bits per heavy atom. The Hall–Kier alpha value is -1.63. The van der Waals surface area contributed by atoms with Gasteiger partial charge in [-0.15, -0.1) is 0 Å². The third-order valence-corrected chi connectivity index (χ3v) is 3.64. The van der Waals surface area contributed by atoms with E-state index in [9.17, 15) is 22.4 Å². The Labute approximate surface area is 126 Å². The zero-order chi connectivity index (χ0) is 16.9. The van der Waals surface area contributed by atoms with Gasteiger partial charge in [-0.3, -0.25) is 4.79 Å². The number of aryl methyl sites for hydroxylation is 1. The lowest BCUT2D eigenvalue weighted by atomic mass is 9.91. The Morgan fingerprint density at radius 2 is 1.86 bits per heavy atom. The molecule has 3 N–H and O–H groups in total. The minimum Gasteiger partial charge on any atom is -0.481 e. The summed E-state index contributed by atoms with van der Waals surface area (Å²) in [4.78, 5) is 10.9. The number of hydrogen-bond acceptors (Lipinski definition) is 2. The first-order valence-corrected chi connectivity index (χ1v) is 7.02. The molecule has 0 heterocycles. The topological polar surface area (TPSA) is 63.3 Å². The first-order valence-electron chi connectivity index (χ1n) is 7.02. The highest BCUT2D eigenvalue weighted by Gasteiger charge is 2.20. The van der Waals surface area contributed by atoms with Crippen LogP contribution in [0.1, 0.15) is 31.7 Å². The second-order valence-electron chi connectivity index (χ2n) is 5.46. The summed E-state index contributed by atoms with van der Waals surface area (Å²) in [6.07, 6.45) is 1.37. The van der Waals surface area contributed by atoms with E-state index < -0.39 is 35.2 Å². The molecule has 1 aromatic rings. The van der Waals surface area contributed by atoms with Crippen LogP contribution in [-0.2, 0) is 11.2 Å². The van der Waals surface area contributed by atoms with Crippen molar-refractivity contribution in [2.45, 2.75) is 32.6 Å². The molecule has 1 rings (SSSR count). The first kappa shape index (κ1) is 18.4. The number of carboxylic acids is 1. The van der Waals surface area contributed by atoms with Crippen molar-refractivity contribution in [1.29, 1.82) is 0 Å². The van der Waals surface area contributed by atoms with Gasteiger partial charge in [0.1, 0.15) is 0 Å². The van der Waals surface area contributed by atoms with Gasteiger partial charge < -0.3 is 10.8 Å². The molecular formula is C15H19F4NO2. The zero-order valence-corrected chi connectivity index (χ0v) is 12.2. The van der Waals surface area contributed by atoms with Crippen molar-refractivity contribution < 1.29 is 27.5 Å². The van der Waals surface area contributed by atoms with Crippen LogP contribution in [0.4, 0.5) is 17.6 Å². The molecule has 2 unspecified atom stereocenters. The van der Waals surface area contributed by atoms with E-state index in [2.05, 4.69) is 0 Å². The van der Waals surface area contributed by atoms with Crippen molar-refractivity contribution in [1.82, 2.24) is 0 Å². The van der Waals surface area contributed by atoms with Gasteiger partial charge in [-0.2, -0.15) is 0 Å². The molecule has 22 heavy (non-hydrogen) atoms. The number of rotatable bonds is 8. The lowest BCUT2D eigenvalue weighted by Crippen LogP contribution is -2.25. The quantitative estimate of drug-likeness (QED) is 0.439. The minimum absolute atomic E-state index is 0.0165. The molecule has 0 spiro atoms. The SMILES string of the molecule is CC(CCCc1cc(F)c(F)c(F)c1F)CC(CN)C(=O)O. The normalized spacial score (nSPS) is 13.9. The number of carboxylic acid groups (broad SMARTS) is 1. The van der Waals surface area contributed by atoms with Crippen molar-refractivity contribution in [3.8, 4) is 0 Å². The van der Waals surface area contributed by atoms with Crippen molar-refractivity contribution in [2.75, 3.05) is 6.54 Å². The van der Waals surface area contributed by atoms with Gasteiger partial charge in [-0.25, -0.2) is 17.6 Å². The van der Waals surface area contributed by atoms with E-state index in [1.54, 1.807) is 0 Å². The average molecular weight is 321 g/mol. The first-order chi connectivity index (χ1) is 10.3. The molecule has 0 fully saturated rings. The number of benzene rings is 1. The van der Waals surface area contributed by atoms with E-state index in [1.165, 1.54) is 0 Å². The summed E-state index contributed by atoms with van der Waals surface area (Å²) in [5, 5.41) is 8.90. The van der Waals surface area contributed by atoms with Gasteiger partial charge in [-0.05, 0) is 36.8 Å². The lowest BCUT2D eigenvalue weighted by molar-refractivity contribution is -0.141. The van der Waals surface area contributed by atoms with E-state index in [0.717, 1.165) is 0 Å². The molecule has 0 amide bonds. The molecule has 0 saturated carbocycles. The summed E-state index contributed by atoms with van der Waals surface area (Å²) in [5.41, 5.74) is 5.13. The maximum absolute atomic E-state index is 13.5. The number of hydrogen-bond donors (Lipinski definition) is 2. The Kier molecular flexibility index (Phi) is 6.80. The highest BCUT2D eigenvalue weighted by molar-refractivity contribution is 5.70. The lowest BCUT2D eigenvalue weighted by Gasteiger charge is -2.16. The van der Waals surface area contributed by atoms with Gasteiger partial charge in [0.15, 0.2) is 23.3 Å². The van der Waals surface area contributed by atoms with Gasteiger partial charge in [0.05, 0.1) is 5.92 Å². The molecule has 0 radical (unpaired) electrons. The van der Waals surface area contributed by atoms with Crippen molar-refractivity contribution in [3.63, 3.8) is 0 Å². The second kappa shape index (κ2) is 8.12. The summed E-state index contributed by atoms with van der Waals surface area (Å²) in [7, 11) is 0. The highest BCUT2D eigenvalue weighted by atomic mass is 19.2. The van der Waals surface area contributed by atoms with E-state index in [1.807, 2.05) is 6.92 Å².